The molecule has 4 heteroatoms. The highest BCUT2D eigenvalue weighted by Crippen LogP contribution is 2.20. The van der Waals surface area contributed by atoms with Gasteiger partial charge in [-0.1, -0.05) is 19.3 Å². The number of nitrogens with two attached hydrogens (primary N) is 1. The van der Waals surface area contributed by atoms with Gasteiger partial charge >= 0.3 is 0 Å². The number of primary amides is 1. The number of rotatable bonds is 4. The van der Waals surface area contributed by atoms with Gasteiger partial charge in [-0.15, -0.1) is 0 Å². The highest BCUT2D eigenvalue weighted by molar-refractivity contribution is 5.80. The summed E-state index contributed by atoms with van der Waals surface area (Å²) in [5.41, 5.74) is 5.56. The van der Waals surface area contributed by atoms with Crippen LogP contribution in [0.25, 0.3) is 0 Å². The number of piperidine rings is 1. The number of hydrogen-bond acceptors (Lipinski definition) is 3. The van der Waals surface area contributed by atoms with Crippen molar-refractivity contribution in [2.75, 3.05) is 26.2 Å². The molecule has 2 saturated heterocycles. The van der Waals surface area contributed by atoms with Crippen LogP contribution in [0.15, 0.2) is 0 Å². The van der Waals surface area contributed by atoms with Crippen molar-refractivity contribution >= 4 is 5.91 Å². The van der Waals surface area contributed by atoms with Gasteiger partial charge < -0.3 is 10.6 Å². The molecule has 0 radical (unpaired) electrons. The number of nitrogens with zero attached hydrogens (tertiary/aromatic N) is 2. The third kappa shape index (κ3) is 4.18. The lowest BCUT2D eigenvalue weighted by molar-refractivity contribution is -0.125. The minimum Gasteiger partial charge on any atom is -0.368 e. The van der Waals surface area contributed by atoms with Gasteiger partial charge in [0.05, 0.1) is 6.04 Å². The van der Waals surface area contributed by atoms with Crippen LogP contribution in [-0.4, -0.2) is 54.0 Å². The lowest BCUT2D eigenvalue weighted by Gasteiger charge is -2.40. The van der Waals surface area contributed by atoms with Crippen LogP contribution in [0.2, 0.25) is 0 Å². The smallest absolute Gasteiger partial charge is 0.234 e. The quantitative estimate of drug-likeness (QED) is 0.841. The predicted molar refractivity (Wildman–Crippen MR) is 77.9 cm³/mol. The summed E-state index contributed by atoms with van der Waals surface area (Å²) in [6.45, 7) is 6.82. The number of carbonyl (C=O) groups is 1. The first-order chi connectivity index (χ1) is 9.18. The molecule has 0 bridgehead atoms. The number of hydrogen-bond donors (Lipinski definition) is 1. The molecule has 19 heavy (non-hydrogen) atoms. The summed E-state index contributed by atoms with van der Waals surface area (Å²) in [6, 6.07) is 0.409. The molecule has 110 valence electrons. The van der Waals surface area contributed by atoms with Crippen LogP contribution < -0.4 is 5.73 Å². The van der Waals surface area contributed by atoms with Crippen molar-refractivity contribution in [1.82, 2.24) is 9.80 Å². The SMILES string of the molecule is C[C@H](CN1CCCCCC1)N1CCCCC1C(N)=O. The molecule has 1 unspecified atom stereocenters. The molecule has 2 fully saturated rings. The lowest BCUT2D eigenvalue weighted by Crippen LogP contribution is -2.54. The molecule has 4 nitrogen and oxygen atoms in total. The Balaban J connectivity index is 1.89. The predicted octanol–water partition coefficient (Wildman–Crippen LogP) is 1.59. The molecule has 2 heterocycles. The van der Waals surface area contributed by atoms with E-state index in [1.54, 1.807) is 0 Å². The molecular formula is C15H29N3O. The van der Waals surface area contributed by atoms with E-state index in [2.05, 4.69) is 16.7 Å². The van der Waals surface area contributed by atoms with Crippen molar-refractivity contribution in [1.29, 1.82) is 0 Å². The third-order valence-electron chi connectivity index (χ3n) is 4.66. The van der Waals surface area contributed by atoms with E-state index in [9.17, 15) is 4.79 Å². The average Bonchev–Trinajstić information content (AvgIpc) is 2.67. The first-order valence-electron chi connectivity index (χ1n) is 7.96. The van der Waals surface area contributed by atoms with Gasteiger partial charge in [-0.3, -0.25) is 9.69 Å². The molecule has 0 aliphatic carbocycles. The lowest BCUT2D eigenvalue weighted by atomic mass is 9.99. The van der Waals surface area contributed by atoms with Gasteiger partial charge in [0.15, 0.2) is 0 Å². The van der Waals surface area contributed by atoms with Crippen molar-refractivity contribution in [3.8, 4) is 0 Å². The Labute approximate surface area is 117 Å². The highest BCUT2D eigenvalue weighted by atomic mass is 16.1. The van der Waals surface area contributed by atoms with Crippen molar-refractivity contribution in [3.63, 3.8) is 0 Å². The van der Waals surface area contributed by atoms with Crippen LogP contribution in [0, 0.1) is 0 Å². The standard InChI is InChI=1S/C15H29N3O/c1-13(12-17-9-5-2-3-6-10-17)18-11-7-4-8-14(18)15(16)19/h13-14H,2-12H2,1H3,(H2,16,19)/t13-,14?/m1/s1. The van der Waals surface area contributed by atoms with Crippen LogP contribution in [0.4, 0.5) is 0 Å². The minimum absolute atomic E-state index is 0.0317. The van der Waals surface area contributed by atoms with E-state index in [1.165, 1.54) is 45.2 Å². The van der Waals surface area contributed by atoms with Gasteiger partial charge in [0.25, 0.3) is 0 Å². The fourth-order valence-electron chi connectivity index (χ4n) is 3.58. The summed E-state index contributed by atoms with van der Waals surface area (Å²) in [7, 11) is 0. The number of amides is 1. The summed E-state index contributed by atoms with van der Waals surface area (Å²) < 4.78 is 0. The molecule has 0 spiro atoms. The molecule has 0 aromatic heterocycles. The Morgan fingerprint density at radius 1 is 1.11 bits per heavy atom. The maximum absolute atomic E-state index is 11.6. The zero-order valence-electron chi connectivity index (χ0n) is 12.3. The summed E-state index contributed by atoms with van der Waals surface area (Å²) in [4.78, 5) is 16.5. The molecule has 0 saturated carbocycles. The zero-order chi connectivity index (χ0) is 13.7. The first-order valence-corrected chi connectivity index (χ1v) is 7.96. The highest BCUT2D eigenvalue weighted by Gasteiger charge is 2.30. The van der Waals surface area contributed by atoms with E-state index in [4.69, 9.17) is 5.73 Å². The van der Waals surface area contributed by atoms with Gasteiger partial charge in [-0.25, -0.2) is 0 Å². The summed E-state index contributed by atoms with van der Waals surface area (Å²) in [6.07, 6.45) is 8.68. The zero-order valence-corrected chi connectivity index (χ0v) is 12.3. The first kappa shape index (κ1) is 14.8. The van der Waals surface area contributed by atoms with Crippen LogP contribution in [0.5, 0.6) is 0 Å². The van der Waals surface area contributed by atoms with Crippen molar-refractivity contribution < 1.29 is 4.79 Å². The van der Waals surface area contributed by atoms with Crippen LogP contribution >= 0.6 is 0 Å². The van der Waals surface area contributed by atoms with Crippen molar-refractivity contribution in [2.45, 2.75) is 64.0 Å². The maximum Gasteiger partial charge on any atom is 0.234 e. The van der Waals surface area contributed by atoms with Crippen LogP contribution in [0.1, 0.15) is 51.9 Å². The Kier molecular flexibility index (Phi) is 5.64. The number of carbonyl (C=O) groups excluding carboxylic acids is 1. The van der Waals surface area contributed by atoms with Crippen LogP contribution in [-0.2, 0) is 4.79 Å². The summed E-state index contributed by atoms with van der Waals surface area (Å²) in [5, 5.41) is 0. The van der Waals surface area contributed by atoms with E-state index in [0.29, 0.717) is 6.04 Å². The summed E-state index contributed by atoms with van der Waals surface area (Å²) in [5.74, 6) is -0.137. The average molecular weight is 267 g/mol. The van der Waals surface area contributed by atoms with Gasteiger partial charge in [-0.05, 0) is 52.2 Å². The van der Waals surface area contributed by atoms with Gasteiger partial charge in [-0.2, -0.15) is 0 Å². The second-order valence-electron chi connectivity index (χ2n) is 6.22. The topological polar surface area (TPSA) is 49.6 Å². The molecule has 2 aliphatic heterocycles. The molecule has 1 amide bonds. The molecule has 0 aromatic rings. The Bertz CT molecular complexity index is 287. The van der Waals surface area contributed by atoms with Crippen molar-refractivity contribution in [3.05, 3.63) is 0 Å². The number of likely N-dealkylation sites (tertiary alicyclic amines) is 2. The van der Waals surface area contributed by atoms with Gasteiger partial charge in [0, 0.05) is 12.6 Å². The fraction of sp³-hybridized carbons (Fsp3) is 0.933. The second kappa shape index (κ2) is 7.25. The Hall–Kier alpha value is -0.610. The minimum atomic E-state index is -0.137. The second-order valence-corrected chi connectivity index (χ2v) is 6.22. The van der Waals surface area contributed by atoms with E-state index >= 15 is 0 Å². The molecule has 2 atom stereocenters. The van der Waals surface area contributed by atoms with E-state index in [0.717, 1.165) is 25.9 Å². The van der Waals surface area contributed by atoms with Gasteiger partial charge in [0.1, 0.15) is 0 Å². The maximum atomic E-state index is 11.6. The Morgan fingerprint density at radius 3 is 2.37 bits per heavy atom. The van der Waals surface area contributed by atoms with Crippen LogP contribution in [0.3, 0.4) is 0 Å². The molecule has 0 aromatic carbocycles. The monoisotopic (exact) mass is 267 g/mol. The molecule has 2 N–H and O–H groups in total. The largest absolute Gasteiger partial charge is 0.368 e. The fourth-order valence-corrected chi connectivity index (χ4v) is 3.58. The third-order valence-corrected chi connectivity index (χ3v) is 4.66. The van der Waals surface area contributed by atoms with E-state index < -0.39 is 0 Å². The molecule has 2 rings (SSSR count). The van der Waals surface area contributed by atoms with E-state index in [-0.39, 0.29) is 11.9 Å². The Morgan fingerprint density at radius 2 is 1.74 bits per heavy atom. The molecule has 2 aliphatic rings. The normalized spacial score (nSPS) is 28.8. The summed E-state index contributed by atoms with van der Waals surface area (Å²) >= 11 is 0. The van der Waals surface area contributed by atoms with Crippen molar-refractivity contribution in [2.24, 2.45) is 5.73 Å². The van der Waals surface area contributed by atoms with Gasteiger partial charge in [0.2, 0.25) is 5.91 Å². The van der Waals surface area contributed by atoms with E-state index in [1.807, 2.05) is 0 Å². The molecular weight excluding hydrogens is 238 g/mol.